The molecule has 134 valence electrons. The number of methoxy groups -OCH3 is 1. The summed E-state index contributed by atoms with van der Waals surface area (Å²) in [7, 11) is -1.77. The van der Waals surface area contributed by atoms with Gasteiger partial charge < -0.3 is 15.2 Å². The van der Waals surface area contributed by atoms with Crippen LogP contribution in [0.5, 0.6) is 5.75 Å². The number of aliphatic hydroxyl groups is 1. The van der Waals surface area contributed by atoms with Crippen LogP contribution in [0.3, 0.4) is 0 Å². The topological polar surface area (TPSA) is 92.7 Å². The Labute approximate surface area is 147 Å². The molecule has 7 heteroatoms. The Kier molecular flexibility index (Phi) is 6.17. The molecule has 0 bridgehead atoms. The van der Waals surface area contributed by atoms with E-state index in [0.717, 1.165) is 0 Å². The number of sulfone groups is 1. The summed E-state index contributed by atoms with van der Waals surface area (Å²) in [5, 5.41) is 12.3. The average molecular weight is 363 g/mol. The summed E-state index contributed by atoms with van der Waals surface area (Å²) in [4.78, 5) is 12.6. The first-order valence-corrected chi connectivity index (χ1v) is 9.45. The summed E-state index contributed by atoms with van der Waals surface area (Å²) in [6, 6.07) is 12.2. The molecular weight excluding hydrogens is 342 g/mol. The molecule has 0 spiro atoms. The van der Waals surface area contributed by atoms with Crippen molar-refractivity contribution in [3.05, 3.63) is 59.7 Å². The minimum absolute atomic E-state index is 0.0162. The normalized spacial score (nSPS) is 12.4. The van der Waals surface area contributed by atoms with Gasteiger partial charge in [0, 0.05) is 5.56 Å². The van der Waals surface area contributed by atoms with Crippen molar-refractivity contribution >= 4 is 15.7 Å². The van der Waals surface area contributed by atoms with Crippen molar-refractivity contribution in [1.82, 2.24) is 5.32 Å². The van der Waals surface area contributed by atoms with Gasteiger partial charge in [-0.2, -0.15) is 0 Å². The van der Waals surface area contributed by atoms with Gasteiger partial charge in [0.05, 0.1) is 30.4 Å². The Morgan fingerprint density at radius 2 is 1.88 bits per heavy atom. The highest BCUT2D eigenvalue weighted by Crippen LogP contribution is 2.19. The molecule has 0 radical (unpaired) electrons. The lowest BCUT2D eigenvalue weighted by atomic mass is 10.1. The maximum atomic E-state index is 12.4. The van der Waals surface area contributed by atoms with Gasteiger partial charge in [0.15, 0.2) is 9.84 Å². The lowest BCUT2D eigenvalue weighted by Gasteiger charge is -2.17. The number of amides is 1. The monoisotopic (exact) mass is 363 g/mol. The molecule has 2 aromatic carbocycles. The summed E-state index contributed by atoms with van der Waals surface area (Å²) in [5.74, 6) is 0.216. The van der Waals surface area contributed by atoms with Gasteiger partial charge in [0.1, 0.15) is 5.75 Å². The highest BCUT2D eigenvalue weighted by atomic mass is 32.2. The molecule has 0 aliphatic carbocycles. The van der Waals surface area contributed by atoms with Crippen LogP contribution >= 0.6 is 0 Å². The molecule has 0 fully saturated rings. The molecule has 0 unspecified atom stereocenters. The van der Waals surface area contributed by atoms with Gasteiger partial charge in [-0.15, -0.1) is 0 Å². The largest absolute Gasteiger partial charge is 0.497 e. The van der Waals surface area contributed by atoms with Gasteiger partial charge in [-0.25, -0.2) is 8.42 Å². The van der Waals surface area contributed by atoms with Crippen molar-refractivity contribution in [3.63, 3.8) is 0 Å². The molecule has 0 aliphatic heterocycles. The number of carbonyl (C=O) groups excluding carboxylic acids is 1. The lowest BCUT2D eigenvalue weighted by molar-refractivity contribution is 0.0916. The van der Waals surface area contributed by atoms with Crippen molar-refractivity contribution < 1.29 is 23.1 Å². The maximum Gasteiger partial charge on any atom is 0.251 e. The van der Waals surface area contributed by atoms with E-state index in [-0.39, 0.29) is 23.2 Å². The molecule has 0 saturated heterocycles. The third kappa shape index (κ3) is 4.58. The highest BCUT2D eigenvalue weighted by molar-refractivity contribution is 7.91. The van der Waals surface area contributed by atoms with Crippen LogP contribution in [0.1, 0.15) is 28.9 Å². The van der Waals surface area contributed by atoms with E-state index in [2.05, 4.69) is 5.32 Å². The van der Waals surface area contributed by atoms with Crippen LogP contribution in [-0.2, 0) is 9.84 Å². The Bertz CT molecular complexity index is 831. The number of aliphatic hydroxyl groups excluding tert-OH is 1. The fourth-order valence-electron chi connectivity index (χ4n) is 2.31. The van der Waals surface area contributed by atoms with E-state index >= 15 is 0 Å². The first kappa shape index (κ1) is 19.0. The van der Waals surface area contributed by atoms with Crippen LogP contribution < -0.4 is 10.1 Å². The molecule has 25 heavy (non-hydrogen) atoms. The number of hydrogen-bond acceptors (Lipinski definition) is 5. The number of hydrogen-bond donors (Lipinski definition) is 2. The number of carbonyl (C=O) groups is 1. The zero-order chi connectivity index (χ0) is 18.4. The third-order valence-corrected chi connectivity index (χ3v) is 5.59. The second kappa shape index (κ2) is 8.13. The number of nitrogens with one attached hydrogen (secondary N) is 1. The van der Waals surface area contributed by atoms with Gasteiger partial charge in [0.2, 0.25) is 0 Å². The fourth-order valence-corrected chi connectivity index (χ4v) is 3.20. The van der Waals surface area contributed by atoms with E-state index in [1.54, 1.807) is 43.3 Å². The van der Waals surface area contributed by atoms with Crippen molar-refractivity contribution in [2.75, 3.05) is 19.5 Å². The van der Waals surface area contributed by atoms with Crippen molar-refractivity contribution in [2.45, 2.75) is 17.9 Å². The van der Waals surface area contributed by atoms with Gasteiger partial charge in [-0.05, 0) is 35.9 Å². The average Bonchev–Trinajstić information content (AvgIpc) is 2.66. The van der Waals surface area contributed by atoms with E-state index in [1.165, 1.54) is 19.2 Å². The quantitative estimate of drug-likeness (QED) is 0.784. The molecule has 6 nitrogen and oxygen atoms in total. The zero-order valence-electron chi connectivity index (χ0n) is 14.1. The molecule has 1 atom stereocenters. The predicted molar refractivity (Wildman–Crippen MR) is 94.5 cm³/mol. The molecule has 2 rings (SSSR count). The molecule has 0 saturated carbocycles. The Morgan fingerprint density at radius 1 is 1.20 bits per heavy atom. The minimum Gasteiger partial charge on any atom is -0.497 e. The van der Waals surface area contributed by atoms with E-state index in [0.29, 0.717) is 16.9 Å². The van der Waals surface area contributed by atoms with E-state index in [4.69, 9.17) is 4.74 Å². The fraction of sp³-hybridized carbons (Fsp3) is 0.278. The first-order chi connectivity index (χ1) is 11.9. The second-order valence-corrected chi connectivity index (χ2v) is 7.69. The van der Waals surface area contributed by atoms with Crippen LogP contribution in [0.4, 0.5) is 0 Å². The standard InChI is InChI=1S/C18H21NO5S/c1-3-25(22,23)16-9-7-13(8-10-16)17(12-20)19-18(21)14-5-4-6-15(11-14)24-2/h4-11,17,20H,3,12H2,1-2H3,(H,19,21)/t17-/m0/s1. The summed E-state index contributed by atoms with van der Waals surface area (Å²) in [6.07, 6.45) is 0. The van der Waals surface area contributed by atoms with Crippen LogP contribution in [0.25, 0.3) is 0 Å². The van der Waals surface area contributed by atoms with Crippen LogP contribution in [0, 0.1) is 0 Å². The summed E-state index contributed by atoms with van der Waals surface area (Å²) in [5.41, 5.74) is 1.02. The van der Waals surface area contributed by atoms with Crippen LogP contribution in [-0.4, -0.2) is 38.9 Å². The Hall–Kier alpha value is -2.38. The number of rotatable bonds is 7. The van der Waals surface area contributed by atoms with Crippen molar-refractivity contribution in [2.24, 2.45) is 0 Å². The second-order valence-electron chi connectivity index (χ2n) is 5.41. The zero-order valence-corrected chi connectivity index (χ0v) is 14.9. The van der Waals surface area contributed by atoms with E-state index in [1.807, 2.05) is 0 Å². The molecule has 2 N–H and O–H groups in total. The number of ether oxygens (including phenoxy) is 1. The summed E-state index contributed by atoms with van der Waals surface area (Å²) in [6.45, 7) is 1.27. The summed E-state index contributed by atoms with van der Waals surface area (Å²) < 4.78 is 28.8. The molecule has 1 amide bonds. The van der Waals surface area contributed by atoms with E-state index in [9.17, 15) is 18.3 Å². The smallest absolute Gasteiger partial charge is 0.251 e. The third-order valence-electron chi connectivity index (χ3n) is 3.84. The SMILES string of the molecule is CCS(=O)(=O)c1ccc([C@H](CO)NC(=O)c2cccc(OC)c2)cc1. The maximum absolute atomic E-state index is 12.4. The Morgan fingerprint density at radius 3 is 2.44 bits per heavy atom. The Balaban J connectivity index is 2.18. The van der Waals surface area contributed by atoms with Gasteiger partial charge in [0.25, 0.3) is 5.91 Å². The van der Waals surface area contributed by atoms with Crippen molar-refractivity contribution in [1.29, 1.82) is 0 Å². The highest BCUT2D eigenvalue weighted by Gasteiger charge is 2.17. The predicted octanol–water partition coefficient (Wildman–Crippen LogP) is 1.95. The van der Waals surface area contributed by atoms with Crippen LogP contribution in [0.15, 0.2) is 53.4 Å². The number of benzene rings is 2. The van der Waals surface area contributed by atoms with Crippen molar-refractivity contribution in [3.8, 4) is 5.75 Å². The molecular formula is C18H21NO5S. The van der Waals surface area contributed by atoms with Crippen LogP contribution in [0.2, 0.25) is 0 Å². The van der Waals surface area contributed by atoms with E-state index < -0.39 is 15.9 Å². The molecule has 2 aromatic rings. The van der Waals surface area contributed by atoms with Gasteiger partial charge >= 0.3 is 0 Å². The molecule has 0 aromatic heterocycles. The first-order valence-electron chi connectivity index (χ1n) is 7.79. The van der Waals surface area contributed by atoms with Gasteiger partial charge in [-0.1, -0.05) is 25.1 Å². The van der Waals surface area contributed by atoms with Gasteiger partial charge in [-0.3, -0.25) is 4.79 Å². The minimum atomic E-state index is -3.28. The lowest BCUT2D eigenvalue weighted by Crippen LogP contribution is -2.30. The molecule has 0 heterocycles. The summed E-state index contributed by atoms with van der Waals surface area (Å²) >= 11 is 0. The molecule has 0 aliphatic rings.